The monoisotopic (exact) mass is 371 g/mol. The Morgan fingerprint density at radius 1 is 1.23 bits per heavy atom. The van der Waals surface area contributed by atoms with Gasteiger partial charge in [0, 0.05) is 35.8 Å². The van der Waals surface area contributed by atoms with Gasteiger partial charge in [-0.15, -0.1) is 11.3 Å². The molecular formula is C20H27N4OS+. The highest BCUT2D eigenvalue weighted by Gasteiger charge is 2.12. The summed E-state index contributed by atoms with van der Waals surface area (Å²) in [6.45, 7) is 8.54. The summed E-state index contributed by atoms with van der Waals surface area (Å²) in [6, 6.07) is 10.1. The lowest BCUT2D eigenvalue weighted by Crippen LogP contribution is -3.11. The summed E-state index contributed by atoms with van der Waals surface area (Å²) >= 11 is 1.58. The van der Waals surface area contributed by atoms with Gasteiger partial charge in [-0.3, -0.25) is 9.20 Å². The molecule has 0 atom stereocenters. The first kappa shape index (κ1) is 18.6. The van der Waals surface area contributed by atoms with Crippen molar-refractivity contribution in [2.45, 2.75) is 26.7 Å². The van der Waals surface area contributed by atoms with Gasteiger partial charge < -0.3 is 10.2 Å². The van der Waals surface area contributed by atoms with E-state index < -0.39 is 0 Å². The van der Waals surface area contributed by atoms with Gasteiger partial charge in [0.05, 0.1) is 31.7 Å². The van der Waals surface area contributed by atoms with Gasteiger partial charge in [-0.1, -0.05) is 30.3 Å². The second kappa shape index (κ2) is 8.96. The number of rotatable bonds is 9. The van der Waals surface area contributed by atoms with E-state index >= 15 is 0 Å². The van der Waals surface area contributed by atoms with Crippen molar-refractivity contribution < 1.29 is 9.69 Å². The number of aromatic nitrogens is 2. The van der Waals surface area contributed by atoms with E-state index in [0.717, 1.165) is 54.5 Å². The molecule has 5 nitrogen and oxygen atoms in total. The van der Waals surface area contributed by atoms with Gasteiger partial charge in [0.25, 0.3) is 0 Å². The van der Waals surface area contributed by atoms with Gasteiger partial charge in [-0.05, 0) is 13.8 Å². The standard InChI is InChI=1S/C20H26N4OS/c1-3-23(4-2)12-8-11-21-19(25)13-17-15-26-20-22-18(14-24(17)20)16-9-6-5-7-10-16/h5-7,9-10,14-15H,3-4,8,11-13H2,1-2H3,(H,21,25)/p+1. The van der Waals surface area contributed by atoms with Crippen molar-refractivity contribution in [3.05, 3.63) is 47.6 Å². The van der Waals surface area contributed by atoms with Crippen LogP contribution in [-0.2, 0) is 11.2 Å². The predicted molar refractivity (Wildman–Crippen MR) is 107 cm³/mol. The first-order chi connectivity index (χ1) is 12.7. The number of hydrogen-bond acceptors (Lipinski definition) is 3. The molecule has 1 amide bonds. The molecule has 3 rings (SSSR count). The average molecular weight is 372 g/mol. The highest BCUT2D eigenvalue weighted by molar-refractivity contribution is 7.15. The Hall–Kier alpha value is -2.18. The molecule has 0 fully saturated rings. The van der Waals surface area contributed by atoms with E-state index in [9.17, 15) is 4.79 Å². The van der Waals surface area contributed by atoms with Crippen molar-refractivity contribution in [3.63, 3.8) is 0 Å². The van der Waals surface area contributed by atoms with E-state index in [1.165, 1.54) is 0 Å². The molecule has 0 saturated heterocycles. The summed E-state index contributed by atoms with van der Waals surface area (Å²) in [4.78, 5) is 19.4. The number of carbonyl (C=O) groups excluding carboxylic acids is 1. The fraction of sp³-hybridized carbons (Fsp3) is 0.400. The van der Waals surface area contributed by atoms with Crippen LogP contribution < -0.4 is 10.2 Å². The molecule has 138 valence electrons. The van der Waals surface area contributed by atoms with Crippen LogP contribution in [0.1, 0.15) is 26.0 Å². The summed E-state index contributed by atoms with van der Waals surface area (Å²) in [5.74, 6) is 0.0780. The molecule has 0 radical (unpaired) electrons. The van der Waals surface area contributed by atoms with Gasteiger partial charge >= 0.3 is 0 Å². The Labute approximate surface area is 158 Å². The zero-order valence-electron chi connectivity index (χ0n) is 15.5. The van der Waals surface area contributed by atoms with Crippen LogP contribution in [0.15, 0.2) is 41.9 Å². The summed E-state index contributed by atoms with van der Waals surface area (Å²) < 4.78 is 2.03. The predicted octanol–water partition coefficient (Wildman–Crippen LogP) is 2.04. The van der Waals surface area contributed by atoms with Crippen LogP contribution in [0.3, 0.4) is 0 Å². The number of fused-ring (bicyclic) bond motifs is 1. The highest BCUT2D eigenvalue weighted by atomic mass is 32.1. The number of carbonyl (C=O) groups is 1. The molecule has 2 heterocycles. The molecule has 0 bridgehead atoms. The molecule has 0 saturated carbocycles. The van der Waals surface area contributed by atoms with Crippen molar-refractivity contribution in [3.8, 4) is 11.3 Å². The van der Waals surface area contributed by atoms with Crippen LogP contribution in [0, 0.1) is 0 Å². The summed E-state index contributed by atoms with van der Waals surface area (Å²) in [5, 5.41) is 5.07. The number of imidazole rings is 1. The van der Waals surface area contributed by atoms with E-state index in [-0.39, 0.29) is 5.91 Å². The number of nitrogens with zero attached hydrogens (tertiary/aromatic N) is 2. The van der Waals surface area contributed by atoms with E-state index in [1.807, 2.05) is 34.2 Å². The maximum absolute atomic E-state index is 12.3. The number of hydrogen-bond donors (Lipinski definition) is 2. The maximum atomic E-state index is 12.3. The Kier molecular flexibility index (Phi) is 6.41. The molecule has 0 unspecified atom stereocenters. The zero-order chi connectivity index (χ0) is 18.4. The molecule has 0 aliphatic carbocycles. The fourth-order valence-corrected chi connectivity index (χ4v) is 3.97. The molecule has 0 aliphatic heterocycles. The second-order valence-electron chi connectivity index (χ2n) is 6.46. The first-order valence-corrected chi connectivity index (χ1v) is 10.2. The van der Waals surface area contributed by atoms with Crippen molar-refractivity contribution in [1.29, 1.82) is 0 Å². The average Bonchev–Trinajstić information content (AvgIpc) is 3.25. The van der Waals surface area contributed by atoms with E-state index in [0.29, 0.717) is 6.42 Å². The van der Waals surface area contributed by atoms with Crippen LogP contribution >= 0.6 is 11.3 Å². The third kappa shape index (κ3) is 4.51. The summed E-state index contributed by atoms with van der Waals surface area (Å²) in [5.41, 5.74) is 3.03. The number of benzene rings is 1. The Balaban J connectivity index is 1.57. The first-order valence-electron chi connectivity index (χ1n) is 9.32. The molecular weight excluding hydrogens is 344 g/mol. The minimum atomic E-state index is 0.0780. The molecule has 6 heteroatoms. The molecule has 1 aromatic carbocycles. The number of nitrogens with one attached hydrogen (secondary N) is 2. The smallest absolute Gasteiger partial charge is 0.225 e. The maximum Gasteiger partial charge on any atom is 0.225 e. The minimum absolute atomic E-state index is 0.0780. The lowest BCUT2D eigenvalue weighted by Gasteiger charge is -2.15. The molecule has 26 heavy (non-hydrogen) atoms. The van der Waals surface area contributed by atoms with Gasteiger partial charge in [0.1, 0.15) is 0 Å². The minimum Gasteiger partial charge on any atom is -0.356 e. The van der Waals surface area contributed by atoms with Crippen LogP contribution in [0.25, 0.3) is 16.2 Å². The Bertz CT molecular complexity index is 836. The summed E-state index contributed by atoms with van der Waals surface area (Å²) in [6.07, 6.45) is 3.43. The normalized spacial score (nSPS) is 11.3. The molecule has 2 N–H and O–H groups in total. The van der Waals surface area contributed by atoms with Crippen LogP contribution in [0.4, 0.5) is 0 Å². The Morgan fingerprint density at radius 2 is 2.00 bits per heavy atom. The van der Waals surface area contributed by atoms with Crippen LogP contribution in [0.5, 0.6) is 0 Å². The van der Waals surface area contributed by atoms with Gasteiger partial charge in [-0.2, -0.15) is 0 Å². The van der Waals surface area contributed by atoms with Crippen molar-refractivity contribution >= 4 is 22.2 Å². The Morgan fingerprint density at radius 3 is 2.73 bits per heavy atom. The SMILES string of the molecule is CC[NH+](CC)CCCNC(=O)Cc1csc2nc(-c3ccccc3)cn12. The number of thiazole rings is 1. The topological polar surface area (TPSA) is 50.8 Å². The highest BCUT2D eigenvalue weighted by Crippen LogP contribution is 2.23. The molecule has 3 aromatic rings. The van der Waals surface area contributed by atoms with Crippen molar-refractivity contribution in [1.82, 2.24) is 14.7 Å². The molecule has 0 aliphatic rings. The van der Waals surface area contributed by atoms with Crippen LogP contribution in [0.2, 0.25) is 0 Å². The van der Waals surface area contributed by atoms with Crippen LogP contribution in [-0.4, -0.2) is 41.5 Å². The fourth-order valence-electron chi connectivity index (χ4n) is 3.10. The number of amides is 1. The molecule has 0 spiro atoms. The van der Waals surface area contributed by atoms with Gasteiger partial charge in [0.15, 0.2) is 4.96 Å². The van der Waals surface area contributed by atoms with E-state index in [2.05, 4.69) is 36.3 Å². The third-order valence-electron chi connectivity index (χ3n) is 4.72. The lowest BCUT2D eigenvalue weighted by atomic mass is 10.2. The number of quaternary nitrogens is 1. The van der Waals surface area contributed by atoms with Crippen molar-refractivity contribution in [2.75, 3.05) is 26.2 Å². The van der Waals surface area contributed by atoms with E-state index in [4.69, 9.17) is 0 Å². The van der Waals surface area contributed by atoms with Crippen molar-refractivity contribution in [2.24, 2.45) is 0 Å². The summed E-state index contributed by atoms with van der Waals surface area (Å²) in [7, 11) is 0. The van der Waals surface area contributed by atoms with E-state index in [1.54, 1.807) is 16.2 Å². The zero-order valence-corrected chi connectivity index (χ0v) is 16.3. The molecule has 2 aromatic heterocycles. The second-order valence-corrected chi connectivity index (χ2v) is 7.30. The third-order valence-corrected chi connectivity index (χ3v) is 5.61. The quantitative estimate of drug-likeness (QED) is 0.566. The largest absolute Gasteiger partial charge is 0.356 e. The lowest BCUT2D eigenvalue weighted by molar-refractivity contribution is -0.896. The van der Waals surface area contributed by atoms with Gasteiger partial charge in [-0.25, -0.2) is 4.98 Å². The van der Waals surface area contributed by atoms with Gasteiger partial charge in [0.2, 0.25) is 5.91 Å².